The van der Waals surface area contributed by atoms with Crippen LogP contribution in [0, 0.1) is 5.82 Å². The molecule has 0 unspecified atom stereocenters. The van der Waals surface area contributed by atoms with Crippen LogP contribution in [-0.2, 0) is 17.9 Å². The number of benzene rings is 2. The van der Waals surface area contributed by atoms with Crippen molar-refractivity contribution in [3.63, 3.8) is 0 Å². The zero-order valence-corrected chi connectivity index (χ0v) is 13.1. The van der Waals surface area contributed by atoms with E-state index in [-0.39, 0.29) is 30.4 Å². The largest absolute Gasteiger partial charge is 0.340 e. The van der Waals surface area contributed by atoms with E-state index in [1.54, 1.807) is 43.4 Å². The predicted octanol–water partition coefficient (Wildman–Crippen LogP) is 2.19. The van der Waals surface area contributed by atoms with Gasteiger partial charge in [0, 0.05) is 19.2 Å². The Balaban J connectivity index is 1.84. The summed E-state index contributed by atoms with van der Waals surface area (Å²) in [6.07, 6.45) is 1.20. The van der Waals surface area contributed by atoms with E-state index in [0.717, 1.165) is 0 Å². The highest BCUT2D eigenvalue weighted by Crippen LogP contribution is 2.11. The number of fused-ring (bicyclic) bond motifs is 1. The lowest BCUT2D eigenvalue weighted by Crippen LogP contribution is -2.34. The van der Waals surface area contributed by atoms with Crippen molar-refractivity contribution in [1.29, 1.82) is 0 Å². The van der Waals surface area contributed by atoms with Gasteiger partial charge in [-0.2, -0.15) is 0 Å². The molecule has 0 fully saturated rings. The van der Waals surface area contributed by atoms with Gasteiger partial charge in [0.15, 0.2) is 0 Å². The van der Waals surface area contributed by atoms with Crippen LogP contribution in [0.25, 0.3) is 11.0 Å². The lowest BCUT2D eigenvalue weighted by atomic mass is 10.2. The maximum absolute atomic E-state index is 13.7. The molecule has 6 heteroatoms. The van der Waals surface area contributed by atoms with Crippen LogP contribution in [-0.4, -0.2) is 27.4 Å². The lowest BCUT2D eigenvalue weighted by Gasteiger charge is -2.19. The van der Waals surface area contributed by atoms with E-state index in [4.69, 9.17) is 0 Å². The second-order valence-electron chi connectivity index (χ2n) is 5.51. The average Bonchev–Trinajstić information content (AvgIpc) is 2.59. The van der Waals surface area contributed by atoms with Crippen LogP contribution in [0.4, 0.5) is 4.39 Å². The Bertz CT molecular complexity index is 952. The van der Waals surface area contributed by atoms with E-state index < -0.39 is 0 Å². The highest BCUT2D eigenvalue weighted by atomic mass is 19.1. The molecule has 1 amide bonds. The van der Waals surface area contributed by atoms with E-state index >= 15 is 0 Å². The molecular weight excluding hydrogens is 309 g/mol. The minimum absolute atomic E-state index is 0.118. The van der Waals surface area contributed by atoms with Gasteiger partial charge in [-0.25, -0.2) is 9.37 Å². The Morgan fingerprint density at radius 3 is 2.67 bits per heavy atom. The Kier molecular flexibility index (Phi) is 4.37. The number of likely N-dealkylation sites (N-methyl/N-ethyl adjacent to an activating group) is 1. The molecule has 0 spiro atoms. The van der Waals surface area contributed by atoms with Crippen molar-refractivity contribution in [2.45, 2.75) is 13.1 Å². The third kappa shape index (κ3) is 3.17. The molecule has 0 bridgehead atoms. The SMILES string of the molecule is CN(Cc1ccccc1F)C(=O)Cn1c(=O)cnc2ccccc21. The quantitative estimate of drug-likeness (QED) is 0.739. The Morgan fingerprint density at radius 1 is 1.17 bits per heavy atom. The van der Waals surface area contributed by atoms with Crippen LogP contribution in [0.3, 0.4) is 0 Å². The highest BCUT2D eigenvalue weighted by molar-refractivity contribution is 5.79. The van der Waals surface area contributed by atoms with Crippen LogP contribution in [0.15, 0.2) is 59.5 Å². The number of rotatable bonds is 4. The van der Waals surface area contributed by atoms with Gasteiger partial charge >= 0.3 is 0 Å². The normalized spacial score (nSPS) is 10.8. The topological polar surface area (TPSA) is 55.2 Å². The van der Waals surface area contributed by atoms with Gasteiger partial charge < -0.3 is 4.90 Å². The van der Waals surface area contributed by atoms with Crippen molar-refractivity contribution in [3.05, 3.63) is 76.5 Å². The molecule has 0 aliphatic heterocycles. The first-order valence-electron chi connectivity index (χ1n) is 7.48. The molecule has 0 saturated heterocycles. The zero-order valence-electron chi connectivity index (χ0n) is 13.1. The molecule has 0 radical (unpaired) electrons. The molecule has 1 aromatic heterocycles. The monoisotopic (exact) mass is 325 g/mol. The second kappa shape index (κ2) is 6.62. The van der Waals surface area contributed by atoms with Crippen LogP contribution >= 0.6 is 0 Å². The Morgan fingerprint density at radius 2 is 1.88 bits per heavy atom. The standard InChI is InChI=1S/C18H16FN3O2/c1-21(11-13-6-2-3-7-14(13)19)18(24)12-22-16-9-5-4-8-15(16)20-10-17(22)23/h2-10H,11-12H2,1H3. The van der Waals surface area contributed by atoms with Gasteiger partial charge in [-0.05, 0) is 18.2 Å². The van der Waals surface area contributed by atoms with Gasteiger partial charge in [0.2, 0.25) is 5.91 Å². The van der Waals surface area contributed by atoms with Crippen LogP contribution in [0.2, 0.25) is 0 Å². The van der Waals surface area contributed by atoms with Gasteiger partial charge in [-0.1, -0.05) is 30.3 Å². The molecule has 0 aliphatic rings. The van der Waals surface area contributed by atoms with E-state index in [1.165, 1.54) is 21.7 Å². The number of nitrogens with zero attached hydrogens (tertiary/aromatic N) is 3. The summed E-state index contributed by atoms with van der Waals surface area (Å²) in [5.74, 6) is -0.639. The maximum atomic E-state index is 13.7. The summed E-state index contributed by atoms with van der Waals surface area (Å²) in [5.41, 5.74) is 1.32. The first kappa shape index (κ1) is 15.9. The maximum Gasteiger partial charge on any atom is 0.269 e. The zero-order chi connectivity index (χ0) is 17.1. The molecule has 0 N–H and O–H groups in total. The third-order valence-corrected chi connectivity index (χ3v) is 3.84. The molecule has 3 aromatic rings. The smallest absolute Gasteiger partial charge is 0.269 e. The van der Waals surface area contributed by atoms with Crippen molar-refractivity contribution >= 4 is 16.9 Å². The molecular formula is C18H16FN3O2. The first-order chi connectivity index (χ1) is 11.6. The first-order valence-corrected chi connectivity index (χ1v) is 7.48. The number of para-hydroxylation sites is 2. The summed E-state index contributed by atoms with van der Waals surface area (Å²) < 4.78 is 15.1. The van der Waals surface area contributed by atoms with E-state index in [9.17, 15) is 14.0 Å². The minimum atomic E-state index is -0.358. The summed E-state index contributed by atoms with van der Waals surface area (Å²) in [5, 5.41) is 0. The summed E-state index contributed by atoms with van der Waals surface area (Å²) >= 11 is 0. The minimum Gasteiger partial charge on any atom is -0.340 e. The molecule has 0 aliphatic carbocycles. The number of carbonyl (C=O) groups is 1. The number of amides is 1. The molecule has 0 atom stereocenters. The fraction of sp³-hybridized carbons (Fsp3) is 0.167. The van der Waals surface area contributed by atoms with Crippen LogP contribution < -0.4 is 5.56 Å². The molecule has 1 heterocycles. The van der Waals surface area contributed by atoms with E-state index in [2.05, 4.69) is 4.98 Å². The predicted molar refractivity (Wildman–Crippen MR) is 88.9 cm³/mol. The number of carbonyl (C=O) groups excluding carboxylic acids is 1. The van der Waals surface area contributed by atoms with Gasteiger partial charge in [0.1, 0.15) is 12.4 Å². The number of aromatic nitrogens is 2. The number of hydrogen-bond donors (Lipinski definition) is 0. The molecule has 24 heavy (non-hydrogen) atoms. The van der Waals surface area contributed by atoms with Crippen molar-refractivity contribution in [1.82, 2.24) is 14.5 Å². The summed E-state index contributed by atoms with van der Waals surface area (Å²) in [6.45, 7) is 0.0239. The van der Waals surface area contributed by atoms with Crippen LogP contribution in [0.1, 0.15) is 5.56 Å². The molecule has 5 nitrogen and oxygen atoms in total. The molecule has 3 rings (SSSR count). The molecule has 122 valence electrons. The number of hydrogen-bond acceptors (Lipinski definition) is 3. The van der Waals surface area contributed by atoms with Gasteiger partial charge in [-0.3, -0.25) is 14.2 Å². The highest BCUT2D eigenvalue weighted by Gasteiger charge is 2.14. The van der Waals surface area contributed by atoms with Crippen molar-refractivity contribution in [2.75, 3.05) is 7.05 Å². The van der Waals surface area contributed by atoms with Gasteiger partial charge in [0.25, 0.3) is 5.56 Å². The lowest BCUT2D eigenvalue weighted by molar-refractivity contribution is -0.131. The van der Waals surface area contributed by atoms with Crippen LogP contribution in [0.5, 0.6) is 0 Å². The second-order valence-corrected chi connectivity index (χ2v) is 5.51. The number of halogens is 1. The third-order valence-electron chi connectivity index (χ3n) is 3.84. The molecule has 0 saturated carbocycles. The van der Waals surface area contributed by atoms with Gasteiger partial charge in [0.05, 0.1) is 17.2 Å². The Labute approximate surface area is 138 Å². The van der Waals surface area contributed by atoms with Crippen molar-refractivity contribution in [3.8, 4) is 0 Å². The summed E-state index contributed by atoms with van der Waals surface area (Å²) in [4.78, 5) is 30.0. The van der Waals surface area contributed by atoms with E-state index in [0.29, 0.717) is 16.6 Å². The Hall–Kier alpha value is -3.02. The van der Waals surface area contributed by atoms with Gasteiger partial charge in [-0.15, -0.1) is 0 Å². The average molecular weight is 325 g/mol. The summed E-state index contributed by atoms with van der Waals surface area (Å²) in [7, 11) is 1.59. The fourth-order valence-corrected chi connectivity index (χ4v) is 2.50. The van der Waals surface area contributed by atoms with Crippen molar-refractivity contribution in [2.24, 2.45) is 0 Å². The summed E-state index contributed by atoms with van der Waals surface area (Å²) in [6, 6.07) is 13.4. The van der Waals surface area contributed by atoms with E-state index in [1.807, 2.05) is 6.07 Å². The fourth-order valence-electron chi connectivity index (χ4n) is 2.50. The molecule has 2 aromatic carbocycles. The van der Waals surface area contributed by atoms with Crippen molar-refractivity contribution < 1.29 is 9.18 Å².